The molecule has 5 rings (SSSR count). The molecule has 0 spiro atoms. The van der Waals surface area contributed by atoms with Crippen LogP contribution in [0.5, 0.6) is 5.75 Å². The van der Waals surface area contributed by atoms with Gasteiger partial charge in [0.1, 0.15) is 10.8 Å². The summed E-state index contributed by atoms with van der Waals surface area (Å²) in [6, 6.07) is 24.0. The number of carbonyl (C=O) groups excluding carboxylic acids is 2. The number of benzene rings is 3. The van der Waals surface area contributed by atoms with Crippen molar-refractivity contribution >= 4 is 51.4 Å². The minimum Gasteiger partial charge on any atom is -0.484 e. The molecule has 186 valence electrons. The number of carbonyl (C=O) groups is 2. The Labute approximate surface area is 220 Å². The Morgan fingerprint density at radius 2 is 1.75 bits per heavy atom. The molecule has 0 unspecified atom stereocenters. The summed E-state index contributed by atoms with van der Waals surface area (Å²) in [5.41, 5.74) is 2.68. The van der Waals surface area contributed by atoms with Crippen molar-refractivity contribution in [1.29, 1.82) is 0 Å². The van der Waals surface area contributed by atoms with Gasteiger partial charge in [0.15, 0.2) is 6.61 Å². The summed E-state index contributed by atoms with van der Waals surface area (Å²) in [5.74, 6) is -0.123. The largest absolute Gasteiger partial charge is 0.484 e. The second-order valence-corrected chi connectivity index (χ2v) is 9.60. The highest BCUT2D eigenvalue weighted by atomic mass is 35.5. The Balaban J connectivity index is 0.00000304. The number of anilines is 1. The highest BCUT2D eigenvalue weighted by molar-refractivity contribution is 7.17. The molecule has 1 N–H and O–H groups in total. The Morgan fingerprint density at radius 1 is 1.00 bits per heavy atom. The van der Waals surface area contributed by atoms with Gasteiger partial charge in [0.25, 0.3) is 5.91 Å². The molecule has 6 nitrogen and oxygen atoms in total. The van der Waals surface area contributed by atoms with Crippen molar-refractivity contribution in [2.45, 2.75) is 19.5 Å². The van der Waals surface area contributed by atoms with Crippen LogP contribution in [0.3, 0.4) is 0 Å². The van der Waals surface area contributed by atoms with Crippen molar-refractivity contribution in [1.82, 2.24) is 4.90 Å². The number of methoxy groups -OCH3 is 1. The van der Waals surface area contributed by atoms with Crippen molar-refractivity contribution in [3.8, 4) is 5.75 Å². The monoisotopic (exact) mass is 522 g/mol. The normalized spacial score (nSPS) is 12.9. The molecular weight excluding hydrogens is 496 g/mol. The zero-order chi connectivity index (χ0) is 24.2. The van der Waals surface area contributed by atoms with Gasteiger partial charge < -0.3 is 14.8 Å². The fourth-order valence-electron chi connectivity index (χ4n) is 4.41. The Kier molecular flexibility index (Phi) is 8.25. The zero-order valence-electron chi connectivity index (χ0n) is 19.9. The number of nitrogens with one attached hydrogen (secondary N) is 1. The van der Waals surface area contributed by atoms with Gasteiger partial charge in [-0.15, -0.1) is 23.7 Å². The van der Waals surface area contributed by atoms with Crippen LogP contribution in [-0.4, -0.2) is 37.0 Å². The molecule has 1 aromatic heterocycles. The number of esters is 1. The number of hydrogen-bond acceptors (Lipinski definition) is 6. The van der Waals surface area contributed by atoms with E-state index >= 15 is 0 Å². The van der Waals surface area contributed by atoms with Crippen molar-refractivity contribution in [3.05, 3.63) is 94.4 Å². The first-order chi connectivity index (χ1) is 17.1. The van der Waals surface area contributed by atoms with E-state index in [4.69, 9.17) is 9.47 Å². The Morgan fingerprint density at radius 3 is 2.53 bits per heavy atom. The Hall–Kier alpha value is -3.39. The van der Waals surface area contributed by atoms with Crippen LogP contribution in [-0.2, 0) is 29.0 Å². The van der Waals surface area contributed by atoms with Crippen LogP contribution >= 0.6 is 23.7 Å². The lowest BCUT2D eigenvalue weighted by Gasteiger charge is -2.27. The minimum absolute atomic E-state index is 0. The van der Waals surface area contributed by atoms with E-state index < -0.39 is 5.97 Å². The zero-order valence-corrected chi connectivity index (χ0v) is 21.5. The van der Waals surface area contributed by atoms with Gasteiger partial charge in [-0.25, -0.2) is 4.79 Å². The number of hydrogen-bond donors (Lipinski definition) is 1. The number of nitrogens with zero attached hydrogens (tertiary/aromatic N) is 1. The van der Waals surface area contributed by atoms with E-state index in [0.29, 0.717) is 16.3 Å². The average Bonchev–Trinajstić information content (AvgIpc) is 3.24. The molecule has 36 heavy (non-hydrogen) atoms. The molecule has 1 aliphatic heterocycles. The SMILES string of the molecule is COC(=O)c1c(NC(=O)COc2ccc3ccccc3c2)sc2c1CCN(Cc1ccccc1)C2.Cl. The molecule has 4 aromatic rings. The molecular formula is C28H27ClN2O4S. The third-order valence-electron chi connectivity index (χ3n) is 6.12. The topological polar surface area (TPSA) is 67.9 Å². The van der Waals surface area contributed by atoms with E-state index in [9.17, 15) is 9.59 Å². The number of halogens is 1. The maximum absolute atomic E-state index is 12.7. The van der Waals surface area contributed by atoms with E-state index in [1.807, 2.05) is 60.7 Å². The predicted molar refractivity (Wildman–Crippen MR) is 145 cm³/mol. The third kappa shape index (κ3) is 5.70. The maximum Gasteiger partial charge on any atom is 0.341 e. The first kappa shape index (κ1) is 25.7. The quantitative estimate of drug-likeness (QED) is 0.316. The predicted octanol–water partition coefficient (Wildman–Crippen LogP) is 5.69. The lowest BCUT2D eigenvalue weighted by atomic mass is 10.0. The third-order valence-corrected chi connectivity index (χ3v) is 7.25. The van der Waals surface area contributed by atoms with E-state index in [2.05, 4.69) is 22.3 Å². The number of thiophene rings is 1. The van der Waals surface area contributed by atoms with Gasteiger partial charge in [-0.1, -0.05) is 60.7 Å². The van der Waals surface area contributed by atoms with E-state index in [-0.39, 0.29) is 24.9 Å². The molecule has 0 saturated carbocycles. The molecule has 0 fully saturated rings. The molecule has 0 saturated heterocycles. The molecule has 8 heteroatoms. The van der Waals surface area contributed by atoms with Crippen LogP contribution in [0, 0.1) is 0 Å². The molecule has 1 amide bonds. The summed E-state index contributed by atoms with van der Waals surface area (Å²) in [6.45, 7) is 2.25. The van der Waals surface area contributed by atoms with Crippen molar-refractivity contribution < 1.29 is 19.1 Å². The number of amides is 1. The molecule has 1 aliphatic rings. The molecule has 0 bridgehead atoms. The number of ether oxygens (including phenoxy) is 2. The second kappa shape index (κ2) is 11.6. The van der Waals surface area contributed by atoms with E-state index in [1.165, 1.54) is 24.0 Å². The smallest absolute Gasteiger partial charge is 0.341 e. The van der Waals surface area contributed by atoms with Crippen LogP contribution in [0.15, 0.2) is 72.8 Å². The van der Waals surface area contributed by atoms with Gasteiger partial charge in [0.05, 0.1) is 12.7 Å². The summed E-state index contributed by atoms with van der Waals surface area (Å²) in [7, 11) is 1.37. The standard InChI is InChI=1S/C28H26N2O4S.ClH/c1-33-28(32)26-23-13-14-30(16-19-7-3-2-4-8-19)17-24(23)35-27(26)29-25(31)18-34-22-12-11-20-9-5-6-10-21(20)15-22;/h2-12,15H,13-14,16-18H2,1H3,(H,29,31);1H. The fourth-order valence-corrected chi connectivity index (χ4v) is 5.70. The van der Waals surface area contributed by atoms with Crippen LogP contribution in [0.25, 0.3) is 10.8 Å². The summed E-state index contributed by atoms with van der Waals surface area (Å²) in [5, 5.41) is 5.57. The highest BCUT2D eigenvalue weighted by Gasteiger charge is 2.29. The molecule has 2 heterocycles. The first-order valence-electron chi connectivity index (χ1n) is 11.5. The molecule has 0 aliphatic carbocycles. The molecule has 0 atom stereocenters. The second-order valence-electron chi connectivity index (χ2n) is 8.49. The lowest BCUT2D eigenvalue weighted by molar-refractivity contribution is -0.118. The summed E-state index contributed by atoms with van der Waals surface area (Å²) >= 11 is 1.44. The van der Waals surface area contributed by atoms with Gasteiger partial charge in [-0.3, -0.25) is 9.69 Å². The van der Waals surface area contributed by atoms with Crippen LogP contribution in [0.4, 0.5) is 5.00 Å². The minimum atomic E-state index is -0.426. The van der Waals surface area contributed by atoms with Gasteiger partial charge in [0, 0.05) is 24.5 Å². The average molecular weight is 523 g/mol. The number of rotatable bonds is 7. The molecule has 0 radical (unpaired) electrons. The van der Waals surface area contributed by atoms with Gasteiger partial charge >= 0.3 is 5.97 Å². The van der Waals surface area contributed by atoms with E-state index in [1.54, 1.807) is 0 Å². The summed E-state index contributed by atoms with van der Waals surface area (Å²) in [6.07, 6.45) is 0.729. The van der Waals surface area contributed by atoms with Crippen molar-refractivity contribution in [2.24, 2.45) is 0 Å². The van der Waals surface area contributed by atoms with Gasteiger partial charge in [-0.2, -0.15) is 0 Å². The number of fused-ring (bicyclic) bond motifs is 2. The van der Waals surface area contributed by atoms with Crippen molar-refractivity contribution in [3.63, 3.8) is 0 Å². The van der Waals surface area contributed by atoms with E-state index in [0.717, 1.165) is 47.3 Å². The van der Waals surface area contributed by atoms with Crippen LogP contribution < -0.4 is 10.1 Å². The summed E-state index contributed by atoms with van der Waals surface area (Å²) < 4.78 is 10.8. The van der Waals surface area contributed by atoms with Gasteiger partial charge in [-0.05, 0) is 40.5 Å². The highest BCUT2D eigenvalue weighted by Crippen LogP contribution is 2.38. The lowest BCUT2D eigenvalue weighted by Crippen LogP contribution is -2.29. The molecule has 3 aromatic carbocycles. The van der Waals surface area contributed by atoms with Crippen LogP contribution in [0.1, 0.15) is 26.4 Å². The maximum atomic E-state index is 12.7. The summed E-state index contributed by atoms with van der Waals surface area (Å²) in [4.78, 5) is 28.8. The van der Waals surface area contributed by atoms with Gasteiger partial charge in [0.2, 0.25) is 0 Å². The first-order valence-corrected chi connectivity index (χ1v) is 12.3. The van der Waals surface area contributed by atoms with Crippen LogP contribution in [0.2, 0.25) is 0 Å². The Bertz CT molecular complexity index is 1370. The fraction of sp³-hybridized carbons (Fsp3) is 0.214. The van der Waals surface area contributed by atoms with Crippen molar-refractivity contribution in [2.75, 3.05) is 25.6 Å².